The largest absolute Gasteiger partial charge is 0.481 e. The van der Waals surface area contributed by atoms with E-state index in [9.17, 15) is 22.7 Å². The summed E-state index contributed by atoms with van der Waals surface area (Å²) in [5, 5.41) is 9.17. The fraction of sp³-hybridized carbons (Fsp3) is 0.462. The highest BCUT2D eigenvalue weighted by atomic mass is 35.5. The smallest absolute Gasteiger partial charge is 0.308 e. The molecule has 2 heterocycles. The Morgan fingerprint density at radius 2 is 2.05 bits per heavy atom. The van der Waals surface area contributed by atoms with Gasteiger partial charge in [-0.1, -0.05) is 11.6 Å². The van der Waals surface area contributed by atoms with E-state index >= 15 is 0 Å². The number of benzene rings is 1. The Labute approximate surface area is 126 Å². The molecule has 2 bridgehead atoms. The van der Waals surface area contributed by atoms with Crippen molar-refractivity contribution >= 4 is 27.6 Å². The molecule has 5 nitrogen and oxygen atoms in total. The van der Waals surface area contributed by atoms with E-state index in [0.29, 0.717) is 19.3 Å². The van der Waals surface area contributed by atoms with Crippen LogP contribution in [0.4, 0.5) is 4.39 Å². The third kappa shape index (κ3) is 2.33. The summed E-state index contributed by atoms with van der Waals surface area (Å²) in [6, 6.07) is 2.24. The SMILES string of the molecule is O=C(O)C1CC2CCC1N2S(=O)(=O)c1cc(F)cc(Cl)c1. The molecule has 0 aromatic heterocycles. The maximum Gasteiger partial charge on any atom is 0.308 e. The zero-order valence-electron chi connectivity index (χ0n) is 10.9. The monoisotopic (exact) mass is 333 g/mol. The first kappa shape index (κ1) is 14.7. The van der Waals surface area contributed by atoms with Gasteiger partial charge in [-0.3, -0.25) is 4.79 Å². The molecular weight excluding hydrogens is 321 g/mol. The lowest BCUT2D eigenvalue weighted by atomic mass is 9.89. The predicted molar refractivity (Wildman–Crippen MR) is 73.0 cm³/mol. The van der Waals surface area contributed by atoms with E-state index in [1.165, 1.54) is 10.4 Å². The van der Waals surface area contributed by atoms with Gasteiger partial charge in [-0.15, -0.1) is 0 Å². The number of hydrogen-bond acceptors (Lipinski definition) is 3. The Balaban J connectivity index is 2.01. The molecule has 0 aliphatic carbocycles. The fourth-order valence-electron chi connectivity index (χ4n) is 3.38. The average molecular weight is 334 g/mol. The summed E-state index contributed by atoms with van der Waals surface area (Å²) < 4.78 is 40.0. The Bertz CT molecular complexity index is 688. The van der Waals surface area contributed by atoms with Gasteiger partial charge < -0.3 is 5.11 Å². The lowest BCUT2D eigenvalue weighted by Gasteiger charge is -2.22. The minimum absolute atomic E-state index is 0.00472. The second kappa shape index (κ2) is 4.93. The highest BCUT2D eigenvalue weighted by molar-refractivity contribution is 7.89. The summed E-state index contributed by atoms with van der Waals surface area (Å²) in [6.45, 7) is 0. The van der Waals surface area contributed by atoms with Crippen molar-refractivity contribution < 1.29 is 22.7 Å². The first-order valence-electron chi connectivity index (χ1n) is 6.53. The van der Waals surface area contributed by atoms with E-state index in [1.54, 1.807) is 0 Å². The summed E-state index contributed by atoms with van der Waals surface area (Å²) in [6.07, 6.45) is 1.46. The molecule has 0 saturated carbocycles. The summed E-state index contributed by atoms with van der Waals surface area (Å²) in [7, 11) is -3.94. The summed E-state index contributed by atoms with van der Waals surface area (Å²) in [5.74, 6) is -2.41. The van der Waals surface area contributed by atoms with Gasteiger partial charge in [-0.2, -0.15) is 4.31 Å². The van der Waals surface area contributed by atoms with Crippen LogP contribution in [0.3, 0.4) is 0 Å². The van der Waals surface area contributed by atoms with Crippen LogP contribution in [0, 0.1) is 11.7 Å². The van der Waals surface area contributed by atoms with Crippen LogP contribution in [0.25, 0.3) is 0 Å². The molecule has 21 heavy (non-hydrogen) atoms. The normalized spacial score (nSPS) is 29.0. The standard InChI is InChI=1S/C13H13ClFNO4S/c14-7-3-8(15)5-10(4-7)21(19,20)16-9-1-2-12(16)11(6-9)13(17)18/h3-5,9,11-12H,1-2,6H2,(H,17,18). The Morgan fingerprint density at radius 3 is 2.62 bits per heavy atom. The van der Waals surface area contributed by atoms with Crippen molar-refractivity contribution in [3.63, 3.8) is 0 Å². The van der Waals surface area contributed by atoms with E-state index in [0.717, 1.165) is 12.1 Å². The molecule has 2 saturated heterocycles. The van der Waals surface area contributed by atoms with Crippen molar-refractivity contribution in [2.45, 2.75) is 36.2 Å². The number of hydrogen-bond donors (Lipinski definition) is 1. The second-order valence-electron chi connectivity index (χ2n) is 5.42. The van der Waals surface area contributed by atoms with Gasteiger partial charge in [-0.25, -0.2) is 12.8 Å². The highest BCUT2D eigenvalue weighted by Crippen LogP contribution is 2.45. The number of rotatable bonds is 3. The molecule has 2 aliphatic heterocycles. The van der Waals surface area contributed by atoms with Gasteiger partial charge in [0.05, 0.1) is 10.8 Å². The van der Waals surface area contributed by atoms with Crippen molar-refractivity contribution in [2.75, 3.05) is 0 Å². The maximum absolute atomic E-state index is 13.4. The van der Waals surface area contributed by atoms with E-state index in [-0.39, 0.29) is 16.0 Å². The molecule has 0 spiro atoms. The van der Waals surface area contributed by atoms with E-state index in [1.807, 2.05) is 0 Å². The van der Waals surface area contributed by atoms with Gasteiger partial charge in [0.2, 0.25) is 10.0 Å². The quantitative estimate of drug-likeness (QED) is 0.919. The number of sulfonamides is 1. The van der Waals surface area contributed by atoms with Gasteiger partial charge in [0.25, 0.3) is 0 Å². The number of halogens is 2. The number of nitrogens with zero attached hydrogens (tertiary/aromatic N) is 1. The van der Waals surface area contributed by atoms with E-state index in [4.69, 9.17) is 11.6 Å². The first-order valence-corrected chi connectivity index (χ1v) is 8.35. The van der Waals surface area contributed by atoms with Crippen LogP contribution in [-0.4, -0.2) is 35.9 Å². The van der Waals surface area contributed by atoms with Crippen LogP contribution in [0.5, 0.6) is 0 Å². The van der Waals surface area contributed by atoms with Gasteiger partial charge in [0.15, 0.2) is 0 Å². The summed E-state index contributed by atoms with van der Waals surface area (Å²) in [5.41, 5.74) is 0. The molecule has 1 aromatic carbocycles. The van der Waals surface area contributed by atoms with Crippen LogP contribution in [0.15, 0.2) is 23.1 Å². The Morgan fingerprint density at radius 1 is 1.33 bits per heavy atom. The zero-order chi connectivity index (χ0) is 15.4. The van der Waals surface area contributed by atoms with Gasteiger partial charge in [0.1, 0.15) is 5.82 Å². The lowest BCUT2D eigenvalue weighted by molar-refractivity contribution is -0.142. The fourth-order valence-corrected chi connectivity index (χ4v) is 5.64. The Kier molecular flexibility index (Phi) is 3.46. The molecule has 1 N–H and O–H groups in total. The van der Waals surface area contributed by atoms with Crippen molar-refractivity contribution in [3.05, 3.63) is 29.0 Å². The topological polar surface area (TPSA) is 74.7 Å². The van der Waals surface area contributed by atoms with Crippen LogP contribution in [0.1, 0.15) is 19.3 Å². The first-order chi connectivity index (χ1) is 9.80. The number of carboxylic acid groups (broad SMARTS) is 1. The van der Waals surface area contributed by atoms with E-state index in [2.05, 4.69) is 0 Å². The van der Waals surface area contributed by atoms with Crippen molar-refractivity contribution in [2.24, 2.45) is 5.92 Å². The van der Waals surface area contributed by atoms with Gasteiger partial charge in [-0.05, 0) is 37.5 Å². The second-order valence-corrected chi connectivity index (χ2v) is 7.70. The minimum atomic E-state index is -3.94. The van der Waals surface area contributed by atoms with Crippen LogP contribution in [-0.2, 0) is 14.8 Å². The molecule has 114 valence electrons. The van der Waals surface area contributed by atoms with Crippen LogP contribution >= 0.6 is 11.6 Å². The predicted octanol–water partition coefficient (Wildman–Crippen LogP) is 2.11. The molecule has 3 rings (SSSR count). The van der Waals surface area contributed by atoms with Crippen molar-refractivity contribution in [1.29, 1.82) is 0 Å². The van der Waals surface area contributed by atoms with Crippen LogP contribution < -0.4 is 0 Å². The number of carboxylic acids is 1. The Hall–Kier alpha value is -1.18. The third-order valence-corrected chi connectivity index (χ3v) is 6.38. The number of aliphatic carboxylic acids is 1. The number of fused-ring (bicyclic) bond motifs is 2. The molecule has 1 aromatic rings. The third-order valence-electron chi connectivity index (χ3n) is 4.20. The molecular formula is C13H13ClFNO4S. The summed E-state index contributed by atoms with van der Waals surface area (Å²) in [4.78, 5) is 11.0. The molecule has 3 unspecified atom stereocenters. The average Bonchev–Trinajstić information content (AvgIpc) is 2.95. The lowest BCUT2D eigenvalue weighted by Crippen LogP contribution is -2.37. The minimum Gasteiger partial charge on any atom is -0.481 e. The number of carbonyl (C=O) groups is 1. The van der Waals surface area contributed by atoms with Gasteiger partial charge in [0, 0.05) is 17.1 Å². The molecule has 0 amide bonds. The van der Waals surface area contributed by atoms with Crippen LogP contribution in [0.2, 0.25) is 5.02 Å². The van der Waals surface area contributed by atoms with Gasteiger partial charge >= 0.3 is 5.97 Å². The van der Waals surface area contributed by atoms with Crippen molar-refractivity contribution in [1.82, 2.24) is 4.31 Å². The van der Waals surface area contributed by atoms with Crippen molar-refractivity contribution in [3.8, 4) is 0 Å². The molecule has 8 heteroatoms. The molecule has 3 atom stereocenters. The molecule has 2 aliphatic rings. The molecule has 0 radical (unpaired) electrons. The molecule has 2 fully saturated rings. The van der Waals surface area contributed by atoms with E-state index < -0.39 is 33.8 Å². The maximum atomic E-state index is 13.4. The summed E-state index contributed by atoms with van der Waals surface area (Å²) >= 11 is 5.71. The highest BCUT2D eigenvalue weighted by Gasteiger charge is 2.54. The zero-order valence-corrected chi connectivity index (χ0v) is 12.4.